The standard InChI is InChI=1S/C14H19F3N2OS/c15-14(16,17)5-1-2-6-18-9-13(20)19-7-3-12-11(10-19)4-8-21-12/h4,8,18H,1-3,5-7,9-10H2. The minimum Gasteiger partial charge on any atom is -0.337 e. The number of carbonyl (C=O) groups is 1. The average Bonchev–Trinajstić information content (AvgIpc) is 2.88. The molecule has 1 aromatic rings. The first kappa shape index (κ1) is 16.3. The molecule has 0 saturated carbocycles. The Morgan fingerprint density at radius 2 is 2.19 bits per heavy atom. The van der Waals surface area contributed by atoms with E-state index in [2.05, 4.69) is 5.32 Å². The van der Waals surface area contributed by atoms with Gasteiger partial charge in [-0.1, -0.05) is 0 Å². The van der Waals surface area contributed by atoms with Crippen LogP contribution in [0.5, 0.6) is 0 Å². The molecule has 21 heavy (non-hydrogen) atoms. The monoisotopic (exact) mass is 320 g/mol. The molecular formula is C14H19F3N2OS. The van der Waals surface area contributed by atoms with Gasteiger partial charge in [-0.2, -0.15) is 13.2 Å². The van der Waals surface area contributed by atoms with Crippen molar-refractivity contribution in [3.63, 3.8) is 0 Å². The number of amides is 1. The van der Waals surface area contributed by atoms with E-state index in [0.717, 1.165) is 13.0 Å². The Bertz CT molecular complexity index is 473. The van der Waals surface area contributed by atoms with Crippen molar-refractivity contribution in [2.45, 2.75) is 38.4 Å². The number of carbonyl (C=O) groups excluding carboxylic acids is 1. The zero-order valence-corrected chi connectivity index (χ0v) is 12.5. The zero-order valence-electron chi connectivity index (χ0n) is 11.7. The molecule has 1 aliphatic heterocycles. The minimum absolute atomic E-state index is 0.0164. The van der Waals surface area contributed by atoms with E-state index in [1.165, 1.54) is 10.4 Å². The van der Waals surface area contributed by atoms with Crippen LogP contribution in [-0.4, -0.2) is 36.6 Å². The van der Waals surface area contributed by atoms with Crippen LogP contribution in [-0.2, 0) is 17.8 Å². The Kier molecular flexibility index (Phi) is 5.64. The van der Waals surface area contributed by atoms with Gasteiger partial charge in [0.2, 0.25) is 5.91 Å². The molecule has 0 aromatic carbocycles. The number of hydrogen-bond donors (Lipinski definition) is 1. The molecule has 0 atom stereocenters. The van der Waals surface area contributed by atoms with Gasteiger partial charge in [0.15, 0.2) is 0 Å². The van der Waals surface area contributed by atoms with E-state index >= 15 is 0 Å². The van der Waals surface area contributed by atoms with E-state index < -0.39 is 12.6 Å². The lowest BCUT2D eigenvalue weighted by Gasteiger charge is -2.27. The largest absolute Gasteiger partial charge is 0.389 e. The first-order valence-corrected chi connectivity index (χ1v) is 7.94. The Hall–Kier alpha value is -1.08. The van der Waals surface area contributed by atoms with Gasteiger partial charge in [-0.25, -0.2) is 0 Å². The van der Waals surface area contributed by atoms with E-state index in [9.17, 15) is 18.0 Å². The molecule has 2 rings (SSSR count). The maximum absolute atomic E-state index is 12.0. The molecule has 0 spiro atoms. The van der Waals surface area contributed by atoms with E-state index in [4.69, 9.17) is 0 Å². The summed E-state index contributed by atoms with van der Waals surface area (Å²) in [6.07, 6.45) is -3.41. The molecule has 0 bridgehead atoms. The van der Waals surface area contributed by atoms with Crippen molar-refractivity contribution in [3.8, 4) is 0 Å². The molecular weight excluding hydrogens is 301 g/mol. The highest BCUT2D eigenvalue weighted by Crippen LogP contribution is 2.24. The predicted molar refractivity (Wildman–Crippen MR) is 76.2 cm³/mol. The van der Waals surface area contributed by atoms with E-state index in [-0.39, 0.29) is 18.9 Å². The van der Waals surface area contributed by atoms with Crippen LogP contribution in [0.25, 0.3) is 0 Å². The fourth-order valence-corrected chi connectivity index (χ4v) is 3.23. The van der Waals surface area contributed by atoms with Gasteiger partial charge in [0.1, 0.15) is 0 Å². The van der Waals surface area contributed by atoms with Crippen LogP contribution in [0.4, 0.5) is 13.2 Å². The number of thiophene rings is 1. The Morgan fingerprint density at radius 1 is 1.38 bits per heavy atom. The first-order valence-electron chi connectivity index (χ1n) is 7.06. The molecule has 118 valence electrons. The second kappa shape index (κ2) is 7.26. The van der Waals surface area contributed by atoms with E-state index in [1.54, 1.807) is 16.2 Å². The fraction of sp³-hybridized carbons (Fsp3) is 0.643. The number of hydrogen-bond acceptors (Lipinski definition) is 3. The quantitative estimate of drug-likeness (QED) is 0.817. The number of nitrogens with one attached hydrogen (secondary N) is 1. The maximum atomic E-state index is 12.0. The van der Waals surface area contributed by atoms with Gasteiger partial charge in [0.05, 0.1) is 6.54 Å². The molecule has 1 aromatic heterocycles. The molecule has 1 aliphatic rings. The highest BCUT2D eigenvalue weighted by atomic mass is 32.1. The summed E-state index contributed by atoms with van der Waals surface area (Å²) in [7, 11) is 0. The summed E-state index contributed by atoms with van der Waals surface area (Å²) in [6, 6.07) is 2.05. The summed E-state index contributed by atoms with van der Waals surface area (Å²) >= 11 is 1.72. The zero-order chi connectivity index (χ0) is 15.3. The molecule has 0 saturated heterocycles. The van der Waals surface area contributed by atoms with Crippen LogP contribution in [0.2, 0.25) is 0 Å². The fourth-order valence-electron chi connectivity index (χ4n) is 2.34. The third kappa shape index (κ3) is 5.32. The highest BCUT2D eigenvalue weighted by molar-refractivity contribution is 7.10. The van der Waals surface area contributed by atoms with Crippen molar-refractivity contribution >= 4 is 17.2 Å². The van der Waals surface area contributed by atoms with Crippen LogP contribution >= 0.6 is 11.3 Å². The third-order valence-corrected chi connectivity index (χ3v) is 4.52. The lowest BCUT2D eigenvalue weighted by atomic mass is 10.1. The van der Waals surface area contributed by atoms with Crippen LogP contribution in [0.3, 0.4) is 0 Å². The highest BCUT2D eigenvalue weighted by Gasteiger charge is 2.25. The second-order valence-corrected chi connectivity index (χ2v) is 6.18. The molecule has 0 fully saturated rings. The van der Waals surface area contributed by atoms with Crippen molar-refractivity contribution < 1.29 is 18.0 Å². The van der Waals surface area contributed by atoms with Crippen LogP contribution in [0.15, 0.2) is 11.4 Å². The summed E-state index contributed by atoms with van der Waals surface area (Å²) in [5, 5.41) is 4.97. The Balaban J connectivity index is 1.60. The van der Waals surface area contributed by atoms with Crippen molar-refractivity contribution in [1.29, 1.82) is 0 Å². The van der Waals surface area contributed by atoms with Crippen LogP contribution in [0.1, 0.15) is 29.7 Å². The normalized spacial score (nSPS) is 15.1. The summed E-state index contributed by atoms with van der Waals surface area (Å²) < 4.78 is 35.9. The van der Waals surface area contributed by atoms with Crippen molar-refractivity contribution in [3.05, 3.63) is 21.9 Å². The van der Waals surface area contributed by atoms with Crippen molar-refractivity contribution in [2.24, 2.45) is 0 Å². The third-order valence-electron chi connectivity index (χ3n) is 3.50. The number of rotatable bonds is 6. The SMILES string of the molecule is O=C(CNCCCCC(F)(F)F)N1CCc2sccc2C1. The predicted octanol–water partition coefficient (Wildman–Crippen LogP) is 2.96. The summed E-state index contributed by atoms with van der Waals surface area (Å²) in [6.45, 7) is 2.01. The first-order chi connectivity index (χ1) is 9.96. The summed E-state index contributed by atoms with van der Waals surface area (Å²) in [5.41, 5.74) is 1.21. The molecule has 0 unspecified atom stereocenters. The second-order valence-electron chi connectivity index (χ2n) is 5.18. The Labute approximate surface area is 126 Å². The minimum atomic E-state index is -4.08. The van der Waals surface area contributed by atoms with E-state index in [1.807, 2.05) is 11.4 Å². The van der Waals surface area contributed by atoms with Crippen LogP contribution < -0.4 is 5.32 Å². The summed E-state index contributed by atoms with van der Waals surface area (Å²) in [4.78, 5) is 15.2. The molecule has 7 heteroatoms. The lowest BCUT2D eigenvalue weighted by Crippen LogP contribution is -2.41. The van der Waals surface area contributed by atoms with Gasteiger partial charge < -0.3 is 10.2 Å². The van der Waals surface area contributed by atoms with Gasteiger partial charge >= 0.3 is 6.18 Å². The topological polar surface area (TPSA) is 32.3 Å². The smallest absolute Gasteiger partial charge is 0.337 e. The van der Waals surface area contributed by atoms with Gasteiger partial charge in [0, 0.05) is 24.4 Å². The van der Waals surface area contributed by atoms with Gasteiger partial charge in [-0.05, 0) is 42.8 Å². The summed E-state index contributed by atoms with van der Waals surface area (Å²) in [5.74, 6) is 0.0164. The molecule has 1 N–H and O–H groups in total. The van der Waals surface area contributed by atoms with Gasteiger partial charge in [0.25, 0.3) is 0 Å². The van der Waals surface area contributed by atoms with Gasteiger partial charge in [-0.15, -0.1) is 11.3 Å². The number of nitrogens with zero attached hydrogens (tertiary/aromatic N) is 1. The average molecular weight is 320 g/mol. The molecule has 0 radical (unpaired) electrons. The maximum Gasteiger partial charge on any atom is 0.389 e. The number of fused-ring (bicyclic) bond motifs is 1. The molecule has 2 heterocycles. The lowest BCUT2D eigenvalue weighted by molar-refractivity contribution is -0.136. The van der Waals surface area contributed by atoms with Gasteiger partial charge in [-0.3, -0.25) is 4.79 Å². The number of halogens is 3. The molecule has 0 aliphatic carbocycles. The van der Waals surface area contributed by atoms with Crippen LogP contribution in [0, 0.1) is 0 Å². The molecule has 1 amide bonds. The number of alkyl halides is 3. The van der Waals surface area contributed by atoms with E-state index in [0.29, 0.717) is 19.5 Å². The van der Waals surface area contributed by atoms with Crippen molar-refractivity contribution in [2.75, 3.05) is 19.6 Å². The Morgan fingerprint density at radius 3 is 2.95 bits per heavy atom. The molecule has 3 nitrogen and oxygen atoms in total. The van der Waals surface area contributed by atoms with Crippen molar-refractivity contribution in [1.82, 2.24) is 10.2 Å². The number of unbranched alkanes of at least 4 members (excludes halogenated alkanes) is 1.